The molecule has 4 nitrogen and oxygen atoms in total. The van der Waals surface area contributed by atoms with E-state index in [2.05, 4.69) is 37.2 Å². The molecule has 0 aliphatic carbocycles. The zero-order valence-corrected chi connectivity index (χ0v) is 14.5. The number of carbonyl (C=O) groups excluding carboxylic acids is 1. The topological polar surface area (TPSA) is 64.3 Å². The molecule has 0 aliphatic heterocycles. The molecule has 2 aromatic rings. The molecule has 1 amide bonds. The number of ether oxygens (including phenoxy) is 1. The maximum absolute atomic E-state index is 11.9. The lowest BCUT2D eigenvalue weighted by molar-refractivity contribution is -0.118. The van der Waals surface area contributed by atoms with E-state index in [9.17, 15) is 4.79 Å². The third kappa shape index (κ3) is 4.47. The maximum Gasteiger partial charge on any atom is 0.262 e. The monoisotopic (exact) mass is 412 g/mol. The van der Waals surface area contributed by atoms with E-state index >= 15 is 0 Å². The van der Waals surface area contributed by atoms with Gasteiger partial charge in [0.15, 0.2) is 6.61 Å². The fourth-order valence-corrected chi connectivity index (χ4v) is 2.90. The summed E-state index contributed by atoms with van der Waals surface area (Å²) < 4.78 is 7.23. The minimum Gasteiger partial charge on any atom is -0.483 e. The highest BCUT2D eigenvalue weighted by Gasteiger charge is 2.08. The van der Waals surface area contributed by atoms with Gasteiger partial charge in [0.1, 0.15) is 5.75 Å². The molecule has 2 aromatic carbocycles. The molecule has 6 heteroatoms. The second-order valence-corrected chi connectivity index (χ2v) is 6.26. The quantitative estimate of drug-likeness (QED) is 0.741. The van der Waals surface area contributed by atoms with Crippen LogP contribution in [0.15, 0.2) is 45.3 Å². The number of nitrogens with two attached hydrogens (primary N) is 1. The Morgan fingerprint density at radius 1 is 1.24 bits per heavy atom. The molecule has 0 fully saturated rings. The van der Waals surface area contributed by atoms with Gasteiger partial charge < -0.3 is 15.8 Å². The number of nitrogens with one attached hydrogen (secondary N) is 1. The van der Waals surface area contributed by atoms with E-state index in [-0.39, 0.29) is 12.5 Å². The van der Waals surface area contributed by atoms with Crippen LogP contribution in [-0.4, -0.2) is 12.5 Å². The second kappa shape index (κ2) is 6.95. The Balaban J connectivity index is 1.96. The van der Waals surface area contributed by atoms with Crippen LogP contribution in [0.25, 0.3) is 0 Å². The van der Waals surface area contributed by atoms with Crippen LogP contribution in [0.3, 0.4) is 0 Å². The standard InChI is InChI=1S/C15H14Br2N2O2/c1-9-6-11(18)3-5-14(9)21-8-15(20)19-13-4-2-10(16)7-12(13)17/h2-7H,8,18H2,1H3,(H,19,20). The van der Waals surface area contributed by atoms with E-state index in [1.54, 1.807) is 24.3 Å². The average Bonchev–Trinajstić information content (AvgIpc) is 2.41. The lowest BCUT2D eigenvalue weighted by Gasteiger charge is -2.11. The van der Waals surface area contributed by atoms with Gasteiger partial charge in [-0.25, -0.2) is 0 Å². The normalized spacial score (nSPS) is 10.2. The highest BCUT2D eigenvalue weighted by molar-refractivity contribution is 9.11. The van der Waals surface area contributed by atoms with Crippen LogP contribution >= 0.6 is 31.9 Å². The van der Waals surface area contributed by atoms with Gasteiger partial charge in [0.25, 0.3) is 5.91 Å². The van der Waals surface area contributed by atoms with E-state index in [4.69, 9.17) is 10.5 Å². The molecular formula is C15H14Br2N2O2. The minimum atomic E-state index is -0.228. The van der Waals surface area contributed by atoms with Gasteiger partial charge in [0.2, 0.25) is 0 Å². The predicted octanol–water partition coefficient (Wildman–Crippen LogP) is 4.12. The fourth-order valence-electron chi connectivity index (χ4n) is 1.75. The highest BCUT2D eigenvalue weighted by Crippen LogP contribution is 2.26. The van der Waals surface area contributed by atoms with Crippen LogP contribution < -0.4 is 15.8 Å². The van der Waals surface area contributed by atoms with Gasteiger partial charge in [-0.15, -0.1) is 0 Å². The molecule has 0 heterocycles. The zero-order valence-electron chi connectivity index (χ0n) is 11.3. The van der Waals surface area contributed by atoms with Crippen molar-refractivity contribution in [2.75, 3.05) is 17.7 Å². The molecular weight excluding hydrogens is 400 g/mol. The van der Waals surface area contributed by atoms with E-state index in [1.165, 1.54) is 0 Å². The molecule has 0 bridgehead atoms. The van der Waals surface area contributed by atoms with Gasteiger partial charge >= 0.3 is 0 Å². The van der Waals surface area contributed by atoms with Crippen LogP contribution in [0.2, 0.25) is 0 Å². The van der Waals surface area contributed by atoms with Crippen molar-refractivity contribution < 1.29 is 9.53 Å². The number of halogens is 2. The van der Waals surface area contributed by atoms with Crippen molar-refractivity contribution in [1.82, 2.24) is 0 Å². The van der Waals surface area contributed by atoms with Crippen molar-refractivity contribution >= 4 is 49.1 Å². The summed E-state index contributed by atoms with van der Waals surface area (Å²) in [6.07, 6.45) is 0. The number of anilines is 2. The van der Waals surface area contributed by atoms with E-state index in [0.717, 1.165) is 14.5 Å². The molecule has 0 aliphatic rings. The lowest BCUT2D eigenvalue weighted by atomic mass is 10.2. The number of hydrogen-bond acceptors (Lipinski definition) is 3. The van der Waals surface area contributed by atoms with Gasteiger partial charge in [-0.05, 0) is 64.8 Å². The summed E-state index contributed by atoms with van der Waals surface area (Å²) in [5.74, 6) is 0.420. The van der Waals surface area contributed by atoms with Gasteiger partial charge in [-0.3, -0.25) is 4.79 Å². The first-order chi connectivity index (χ1) is 9.95. The van der Waals surface area contributed by atoms with Crippen molar-refractivity contribution in [3.8, 4) is 5.75 Å². The van der Waals surface area contributed by atoms with Crippen LogP contribution in [-0.2, 0) is 4.79 Å². The van der Waals surface area contributed by atoms with Gasteiger partial charge in [-0.2, -0.15) is 0 Å². The molecule has 0 saturated heterocycles. The highest BCUT2D eigenvalue weighted by atomic mass is 79.9. The summed E-state index contributed by atoms with van der Waals surface area (Å²) in [4.78, 5) is 11.9. The maximum atomic E-state index is 11.9. The molecule has 2 rings (SSSR count). The molecule has 0 atom stereocenters. The summed E-state index contributed by atoms with van der Waals surface area (Å²) >= 11 is 6.75. The lowest BCUT2D eigenvalue weighted by Crippen LogP contribution is -2.20. The van der Waals surface area contributed by atoms with Crippen LogP contribution in [0.1, 0.15) is 5.56 Å². The van der Waals surface area contributed by atoms with E-state index in [1.807, 2.05) is 19.1 Å². The summed E-state index contributed by atoms with van der Waals surface area (Å²) in [5.41, 5.74) is 7.93. The second-order valence-electron chi connectivity index (χ2n) is 4.49. The SMILES string of the molecule is Cc1cc(N)ccc1OCC(=O)Nc1ccc(Br)cc1Br. The summed E-state index contributed by atoms with van der Waals surface area (Å²) in [6.45, 7) is 1.82. The minimum absolute atomic E-state index is 0.0622. The third-order valence-corrected chi connectivity index (χ3v) is 3.91. The molecule has 21 heavy (non-hydrogen) atoms. The first-order valence-corrected chi connectivity index (χ1v) is 7.78. The van der Waals surface area contributed by atoms with Crippen LogP contribution in [0, 0.1) is 6.92 Å². The van der Waals surface area contributed by atoms with Crippen molar-refractivity contribution in [3.05, 3.63) is 50.9 Å². The van der Waals surface area contributed by atoms with Crippen molar-refractivity contribution in [2.24, 2.45) is 0 Å². The number of nitrogen functional groups attached to an aromatic ring is 1. The molecule has 0 aromatic heterocycles. The number of amides is 1. The summed E-state index contributed by atoms with van der Waals surface area (Å²) in [6, 6.07) is 10.8. The van der Waals surface area contributed by atoms with Crippen molar-refractivity contribution in [1.29, 1.82) is 0 Å². The Kier molecular flexibility index (Phi) is 5.25. The van der Waals surface area contributed by atoms with Crippen molar-refractivity contribution in [3.63, 3.8) is 0 Å². The Bertz CT molecular complexity index is 675. The summed E-state index contributed by atoms with van der Waals surface area (Å²) in [7, 11) is 0. The molecule has 3 N–H and O–H groups in total. The van der Waals surface area contributed by atoms with Gasteiger partial charge in [0.05, 0.1) is 5.69 Å². The van der Waals surface area contributed by atoms with Gasteiger partial charge in [0, 0.05) is 14.6 Å². The fraction of sp³-hybridized carbons (Fsp3) is 0.133. The Labute approximate surface area is 139 Å². The van der Waals surface area contributed by atoms with Crippen LogP contribution in [0.4, 0.5) is 11.4 Å². The van der Waals surface area contributed by atoms with E-state index < -0.39 is 0 Å². The first-order valence-electron chi connectivity index (χ1n) is 6.19. The molecule has 0 spiro atoms. The number of benzene rings is 2. The van der Waals surface area contributed by atoms with E-state index in [0.29, 0.717) is 17.1 Å². The number of carbonyl (C=O) groups is 1. The smallest absolute Gasteiger partial charge is 0.262 e. The Hall–Kier alpha value is -1.53. The third-order valence-electron chi connectivity index (χ3n) is 2.76. The molecule has 0 saturated carbocycles. The van der Waals surface area contributed by atoms with Gasteiger partial charge in [-0.1, -0.05) is 15.9 Å². The van der Waals surface area contributed by atoms with Crippen molar-refractivity contribution in [2.45, 2.75) is 6.92 Å². The average molecular weight is 414 g/mol. The molecule has 0 radical (unpaired) electrons. The predicted molar refractivity (Wildman–Crippen MR) is 91.6 cm³/mol. The summed E-state index contributed by atoms with van der Waals surface area (Å²) in [5, 5.41) is 2.78. The number of aryl methyl sites for hydroxylation is 1. The Morgan fingerprint density at radius 3 is 2.67 bits per heavy atom. The first kappa shape index (κ1) is 15.9. The van der Waals surface area contributed by atoms with Crippen LogP contribution in [0.5, 0.6) is 5.75 Å². The zero-order chi connectivity index (χ0) is 15.4. The molecule has 110 valence electrons. The molecule has 0 unspecified atom stereocenters. The number of hydrogen-bond donors (Lipinski definition) is 2. The Morgan fingerprint density at radius 2 is 2.00 bits per heavy atom. The largest absolute Gasteiger partial charge is 0.483 e. The number of rotatable bonds is 4.